The van der Waals surface area contributed by atoms with Gasteiger partial charge in [0.25, 0.3) is 0 Å². The Bertz CT molecular complexity index is 645. The number of thiophene rings is 2. The molecule has 3 heterocycles. The Labute approximate surface area is 126 Å². The van der Waals surface area contributed by atoms with Gasteiger partial charge in [0.1, 0.15) is 5.03 Å². The topological polar surface area (TPSA) is 12.9 Å². The molecule has 0 aliphatic heterocycles. The van der Waals surface area contributed by atoms with Crippen molar-refractivity contribution in [3.8, 4) is 9.75 Å². The Kier molecular flexibility index (Phi) is 3.84. The molecule has 90 valence electrons. The lowest BCUT2D eigenvalue weighted by Crippen LogP contribution is -1.77. The maximum atomic E-state index is 4.36. The van der Waals surface area contributed by atoms with Crippen LogP contribution >= 0.6 is 50.4 Å². The monoisotopic (exact) mass is 353 g/mol. The summed E-state index contributed by atoms with van der Waals surface area (Å²) in [6.07, 6.45) is 1.83. The number of nitrogens with zero attached hydrogens (tertiary/aromatic N) is 1. The number of pyridine rings is 1. The van der Waals surface area contributed by atoms with E-state index in [1.54, 1.807) is 34.4 Å². The molecule has 3 aromatic heterocycles. The molecule has 0 N–H and O–H groups in total. The highest BCUT2D eigenvalue weighted by Gasteiger charge is 2.10. The minimum atomic E-state index is 1.03. The van der Waals surface area contributed by atoms with E-state index in [2.05, 4.69) is 44.5 Å². The van der Waals surface area contributed by atoms with E-state index in [4.69, 9.17) is 0 Å². The molecule has 5 heteroatoms. The van der Waals surface area contributed by atoms with Crippen LogP contribution in [0.15, 0.2) is 61.7 Å². The van der Waals surface area contributed by atoms with Crippen molar-refractivity contribution in [1.29, 1.82) is 0 Å². The van der Waals surface area contributed by atoms with Crippen molar-refractivity contribution in [2.45, 2.75) is 9.92 Å². The third-order valence-corrected chi connectivity index (χ3v) is 6.14. The van der Waals surface area contributed by atoms with Gasteiger partial charge < -0.3 is 0 Å². The molecule has 0 unspecified atom stereocenters. The van der Waals surface area contributed by atoms with Crippen LogP contribution in [0, 0.1) is 0 Å². The lowest BCUT2D eigenvalue weighted by Gasteiger charge is -2.00. The van der Waals surface area contributed by atoms with Gasteiger partial charge in [0.15, 0.2) is 0 Å². The highest BCUT2D eigenvalue weighted by molar-refractivity contribution is 9.11. The Morgan fingerprint density at radius 3 is 2.78 bits per heavy atom. The number of halogens is 1. The van der Waals surface area contributed by atoms with Crippen molar-refractivity contribution in [1.82, 2.24) is 4.98 Å². The van der Waals surface area contributed by atoms with Crippen molar-refractivity contribution in [2.75, 3.05) is 0 Å². The number of rotatable bonds is 3. The fourth-order valence-electron chi connectivity index (χ4n) is 1.51. The Morgan fingerprint density at radius 1 is 1.11 bits per heavy atom. The zero-order valence-electron chi connectivity index (χ0n) is 9.17. The first kappa shape index (κ1) is 12.4. The Morgan fingerprint density at radius 2 is 2.06 bits per heavy atom. The molecule has 0 amide bonds. The van der Waals surface area contributed by atoms with Crippen LogP contribution < -0.4 is 0 Å². The largest absolute Gasteiger partial charge is 0.250 e. The zero-order chi connectivity index (χ0) is 12.4. The maximum absolute atomic E-state index is 4.36. The minimum Gasteiger partial charge on any atom is -0.250 e. The maximum Gasteiger partial charge on any atom is 0.101 e. The van der Waals surface area contributed by atoms with Gasteiger partial charge >= 0.3 is 0 Å². The van der Waals surface area contributed by atoms with Gasteiger partial charge in [0, 0.05) is 16.0 Å². The fraction of sp³-hybridized carbons (Fsp3) is 0. The van der Waals surface area contributed by atoms with Crippen LogP contribution in [0.25, 0.3) is 9.75 Å². The van der Waals surface area contributed by atoms with Crippen LogP contribution in [0.4, 0.5) is 0 Å². The van der Waals surface area contributed by atoms with Crippen molar-refractivity contribution < 1.29 is 0 Å². The summed E-state index contributed by atoms with van der Waals surface area (Å²) in [6.45, 7) is 0. The second-order valence-electron chi connectivity index (χ2n) is 3.49. The number of aromatic nitrogens is 1. The summed E-state index contributed by atoms with van der Waals surface area (Å²) in [5.41, 5.74) is 0. The highest BCUT2D eigenvalue weighted by Crippen LogP contribution is 2.42. The Balaban J connectivity index is 1.93. The van der Waals surface area contributed by atoms with E-state index < -0.39 is 0 Å². The normalized spacial score (nSPS) is 10.7. The van der Waals surface area contributed by atoms with E-state index >= 15 is 0 Å². The van der Waals surface area contributed by atoms with E-state index in [0.717, 1.165) is 5.03 Å². The number of hydrogen-bond donors (Lipinski definition) is 0. The smallest absolute Gasteiger partial charge is 0.101 e. The summed E-state index contributed by atoms with van der Waals surface area (Å²) >= 11 is 8.77. The van der Waals surface area contributed by atoms with Crippen LogP contribution in [-0.4, -0.2) is 4.98 Å². The van der Waals surface area contributed by atoms with Gasteiger partial charge in [0.2, 0.25) is 0 Å². The summed E-state index contributed by atoms with van der Waals surface area (Å²) in [7, 11) is 0. The molecule has 0 aromatic carbocycles. The van der Waals surface area contributed by atoms with Gasteiger partial charge in [-0.1, -0.05) is 17.8 Å². The van der Waals surface area contributed by atoms with Crippen LogP contribution in [0.2, 0.25) is 0 Å². The second-order valence-corrected chi connectivity index (χ2v) is 7.93. The van der Waals surface area contributed by atoms with Gasteiger partial charge in [-0.3, -0.25) is 0 Å². The van der Waals surface area contributed by atoms with E-state index in [-0.39, 0.29) is 0 Å². The van der Waals surface area contributed by atoms with E-state index in [1.807, 2.05) is 24.4 Å². The van der Waals surface area contributed by atoms with Gasteiger partial charge in [-0.2, -0.15) is 0 Å². The quantitative estimate of drug-likeness (QED) is 0.591. The van der Waals surface area contributed by atoms with E-state index in [0.29, 0.717) is 0 Å². The van der Waals surface area contributed by atoms with Gasteiger partial charge in [-0.25, -0.2) is 4.98 Å². The molecule has 0 saturated carbocycles. The molecule has 0 aliphatic carbocycles. The molecule has 0 atom stereocenters. The van der Waals surface area contributed by atoms with E-state index in [9.17, 15) is 0 Å². The zero-order valence-corrected chi connectivity index (χ0v) is 13.2. The number of hydrogen-bond acceptors (Lipinski definition) is 4. The first-order chi connectivity index (χ1) is 8.83. The summed E-state index contributed by atoms with van der Waals surface area (Å²) in [4.78, 5) is 8.25. The molecular weight excluding hydrogens is 346 g/mol. The van der Waals surface area contributed by atoms with Gasteiger partial charge in [0.05, 0.1) is 8.66 Å². The molecule has 0 fully saturated rings. The molecular formula is C13H8BrNS3. The Hall–Kier alpha value is -0.620. The average Bonchev–Trinajstić information content (AvgIpc) is 2.99. The third kappa shape index (κ3) is 2.69. The van der Waals surface area contributed by atoms with Crippen LogP contribution in [-0.2, 0) is 0 Å². The van der Waals surface area contributed by atoms with Crippen molar-refractivity contribution >= 4 is 50.4 Å². The summed E-state index contributed by atoms with van der Waals surface area (Å²) in [5.74, 6) is 0. The molecule has 0 saturated heterocycles. The van der Waals surface area contributed by atoms with Gasteiger partial charge in [-0.05, 0) is 51.6 Å². The second kappa shape index (κ2) is 5.57. The van der Waals surface area contributed by atoms with Gasteiger partial charge in [-0.15, -0.1) is 22.7 Å². The predicted octanol–water partition coefficient (Wildman–Crippen LogP) is 5.79. The SMILES string of the molecule is Brc1ccc(-c2sccc2Sc2ccccn2)s1. The van der Waals surface area contributed by atoms with Crippen molar-refractivity contribution in [2.24, 2.45) is 0 Å². The molecule has 0 bridgehead atoms. The van der Waals surface area contributed by atoms with Crippen LogP contribution in [0.1, 0.15) is 0 Å². The summed E-state index contributed by atoms with van der Waals surface area (Å²) in [5, 5.41) is 3.17. The molecule has 0 aliphatic rings. The van der Waals surface area contributed by atoms with Crippen molar-refractivity contribution in [3.63, 3.8) is 0 Å². The van der Waals surface area contributed by atoms with Crippen LogP contribution in [0.3, 0.4) is 0 Å². The molecule has 1 nitrogen and oxygen atoms in total. The fourth-order valence-corrected chi connectivity index (χ4v) is 5.08. The lowest BCUT2D eigenvalue weighted by molar-refractivity contribution is 1.13. The summed E-state index contributed by atoms with van der Waals surface area (Å²) < 4.78 is 1.17. The minimum absolute atomic E-state index is 1.03. The average molecular weight is 354 g/mol. The standard InChI is InChI=1S/C13H8BrNS3/c14-11-5-4-9(17-11)13-10(6-8-16-13)18-12-3-1-2-7-15-12/h1-8H. The summed E-state index contributed by atoms with van der Waals surface area (Å²) in [6, 6.07) is 12.4. The molecule has 18 heavy (non-hydrogen) atoms. The van der Waals surface area contributed by atoms with Crippen molar-refractivity contribution in [3.05, 3.63) is 51.8 Å². The lowest BCUT2D eigenvalue weighted by atomic mass is 10.4. The highest BCUT2D eigenvalue weighted by atomic mass is 79.9. The first-order valence-electron chi connectivity index (χ1n) is 5.25. The molecule has 0 spiro atoms. The molecule has 3 rings (SSSR count). The predicted molar refractivity (Wildman–Crippen MR) is 83.7 cm³/mol. The molecule has 0 radical (unpaired) electrons. The van der Waals surface area contributed by atoms with E-state index in [1.165, 1.54) is 18.4 Å². The van der Waals surface area contributed by atoms with Crippen LogP contribution in [0.5, 0.6) is 0 Å². The third-order valence-electron chi connectivity index (χ3n) is 2.28. The molecule has 3 aromatic rings. The first-order valence-corrected chi connectivity index (χ1v) is 8.55.